The third-order valence-corrected chi connectivity index (χ3v) is 2.95. The number of benzene rings is 1. The molecule has 0 amide bonds. The van der Waals surface area contributed by atoms with Gasteiger partial charge in [-0.25, -0.2) is 0 Å². The number of furan rings is 1. The lowest BCUT2D eigenvalue weighted by molar-refractivity contribution is 0.615. The Bertz CT molecular complexity index is 664. The third kappa shape index (κ3) is 1.84. The van der Waals surface area contributed by atoms with Crippen molar-refractivity contribution in [3.8, 4) is 0 Å². The first-order chi connectivity index (χ1) is 8.22. The van der Waals surface area contributed by atoms with Crippen LogP contribution in [0.5, 0.6) is 0 Å². The summed E-state index contributed by atoms with van der Waals surface area (Å²) in [4.78, 5) is 0. The van der Waals surface area contributed by atoms with Crippen LogP contribution >= 0.6 is 0 Å². The van der Waals surface area contributed by atoms with E-state index < -0.39 is 0 Å². The molecule has 17 heavy (non-hydrogen) atoms. The highest BCUT2D eigenvalue weighted by atomic mass is 16.3. The molecule has 0 radical (unpaired) electrons. The third-order valence-electron chi connectivity index (χ3n) is 2.95. The highest BCUT2D eigenvalue weighted by Crippen LogP contribution is 2.18. The molecular weight excluding hydrogens is 212 g/mol. The summed E-state index contributed by atoms with van der Waals surface area (Å²) < 4.78 is 7.35. The molecule has 0 N–H and O–H groups in total. The Labute approximate surface area is 99.7 Å². The monoisotopic (exact) mass is 226 g/mol. The van der Waals surface area contributed by atoms with Gasteiger partial charge in [0.05, 0.1) is 18.5 Å². The molecule has 0 saturated heterocycles. The number of rotatable bonds is 2. The van der Waals surface area contributed by atoms with Crippen molar-refractivity contribution in [1.82, 2.24) is 9.78 Å². The standard InChI is InChI=1S/C14H14N2O/c1-10-7-11(2)16(15-10)9-12-3-4-14-13(8-12)5-6-17-14/h3-8H,9H2,1-2H3. The lowest BCUT2D eigenvalue weighted by Gasteiger charge is -2.04. The molecule has 0 unspecified atom stereocenters. The average Bonchev–Trinajstić information content (AvgIpc) is 2.85. The zero-order chi connectivity index (χ0) is 11.8. The van der Waals surface area contributed by atoms with Crippen molar-refractivity contribution >= 4 is 11.0 Å². The van der Waals surface area contributed by atoms with E-state index >= 15 is 0 Å². The van der Waals surface area contributed by atoms with Crippen LogP contribution in [-0.2, 0) is 6.54 Å². The van der Waals surface area contributed by atoms with Gasteiger partial charge in [-0.05, 0) is 43.7 Å². The Morgan fingerprint density at radius 2 is 2.06 bits per heavy atom. The van der Waals surface area contributed by atoms with Crippen LogP contribution in [0.1, 0.15) is 17.0 Å². The molecule has 3 rings (SSSR count). The molecular formula is C14H14N2O. The van der Waals surface area contributed by atoms with Crippen molar-refractivity contribution in [3.05, 3.63) is 53.5 Å². The van der Waals surface area contributed by atoms with Crippen LogP contribution in [0.2, 0.25) is 0 Å². The molecule has 1 aromatic carbocycles. The van der Waals surface area contributed by atoms with E-state index in [-0.39, 0.29) is 0 Å². The largest absolute Gasteiger partial charge is 0.464 e. The number of aryl methyl sites for hydroxylation is 2. The molecule has 2 heterocycles. The SMILES string of the molecule is Cc1cc(C)n(Cc2ccc3occc3c2)n1. The van der Waals surface area contributed by atoms with Crippen LogP contribution < -0.4 is 0 Å². The van der Waals surface area contributed by atoms with E-state index in [9.17, 15) is 0 Å². The Hall–Kier alpha value is -2.03. The maximum absolute atomic E-state index is 5.33. The number of hydrogen-bond donors (Lipinski definition) is 0. The van der Waals surface area contributed by atoms with E-state index in [0.29, 0.717) is 0 Å². The molecule has 0 aliphatic carbocycles. The molecule has 0 spiro atoms. The quantitative estimate of drug-likeness (QED) is 0.671. The second-order valence-electron chi connectivity index (χ2n) is 4.38. The van der Waals surface area contributed by atoms with E-state index in [1.807, 2.05) is 23.7 Å². The maximum atomic E-state index is 5.33. The van der Waals surface area contributed by atoms with E-state index in [1.165, 1.54) is 11.3 Å². The van der Waals surface area contributed by atoms with Gasteiger partial charge in [-0.3, -0.25) is 4.68 Å². The predicted molar refractivity (Wildman–Crippen MR) is 67.0 cm³/mol. The molecule has 3 nitrogen and oxygen atoms in total. The number of aromatic nitrogens is 2. The first-order valence-corrected chi connectivity index (χ1v) is 5.69. The number of fused-ring (bicyclic) bond motifs is 1. The summed E-state index contributed by atoms with van der Waals surface area (Å²) in [5, 5.41) is 5.61. The highest BCUT2D eigenvalue weighted by Gasteiger charge is 2.03. The minimum atomic E-state index is 0.806. The van der Waals surface area contributed by atoms with Crippen LogP contribution in [0, 0.1) is 13.8 Å². The van der Waals surface area contributed by atoms with Gasteiger partial charge in [-0.1, -0.05) is 6.07 Å². The highest BCUT2D eigenvalue weighted by molar-refractivity contribution is 5.77. The molecule has 0 aliphatic rings. The van der Waals surface area contributed by atoms with Crippen molar-refractivity contribution in [3.63, 3.8) is 0 Å². The summed E-state index contributed by atoms with van der Waals surface area (Å²) in [6.07, 6.45) is 1.72. The Kier molecular flexibility index (Phi) is 2.25. The normalized spacial score (nSPS) is 11.2. The van der Waals surface area contributed by atoms with Gasteiger partial charge in [-0.2, -0.15) is 5.10 Å². The first kappa shape index (κ1) is 10.1. The van der Waals surface area contributed by atoms with Gasteiger partial charge in [0.15, 0.2) is 0 Å². The minimum Gasteiger partial charge on any atom is -0.464 e. The van der Waals surface area contributed by atoms with Crippen molar-refractivity contribution in [1.29, 1.82) is 0 Å². The van der Waals surface area contributed by atoms with Gasteiger partial charge in [-0.15, -0.1) is 0 Å². The van der Waals surface area contributed by atoms with Crippen LogP contribution in [0.4, 0.5) is 0 Å². The van der Waals surface area contributed by atoms with Crippen molar-refractivity contribution in [2.75, 3.05) is 0 Å². The van der Waals surface area contributed by atoms with E-state index in [2.05, 4.69) is 30.2 Å². The molecule has 0 saturated carbocycles. The summed E-state index contributed by atoms with van der Waals surface area (Å²) in [6.45, 7) is 4.90. The Morgan fingerprint density at radius 1 is 1.18 bits per heavy atom. The van der Waals surface area contributed by atoms with Crippen molar-refractivity contribution < 1.29 is 4.42 Å². The fourth-order valence-corrected chi connectivity index (χ4v) is 2.12. The maximum Gasteiger partial charge on any atom is 0.133 e. The lowest BCUT2D eigenvalue weighted by Crippen LogP contribution is -2.03. The van der Waals surface area contributed by atoms with Gasteiger partial charge in [0.1, 0.15) is 5.58 Å². The lowest BCUT2D eigenvalue weighted by atomic mass is 10.1. The summed E-state index contributed by atoms with van der Waals surface area (Å²) in [7, 11) is 0. The van der Waals surface area contributed by atoms with E-state index in [4.69, 9.17) is 4.42 Å². The van der Waals surface area contributed by atoms with Crippen LogP contribution in [0.25, 0.3) is 11.0 Å². The fraction of sp³-hybridized carbons (Fsp3) is 0.214. The topological polar surface area (TPSA) is 31.0 Å². The Morgan fingerprint density at radius 3 is 2.82 bits per heavy atom. The smallest absolute Gasteiger partial charge is 0.133 e. The first-order valence-electron chi connectivity index (χ1n) is 5.69. The zero-order valence-electron chi connectivity index (χ0n) is 9.97. The Balaban J connectivity index is 1.96. The van der Waals surface area contributed by atoms with Gasteiger partial charge in [0.25, 0.3) is 0 Å². The predicted octanol–water partition coefficient (Wildman–Crippen LogP) is 3.29. The molecule has 86 valence electrons. The summed E-state index contributed by atoms with van der Waals surface area (Å²) in [5.41, 5.74) is 4.42. The second-order valence-corrected chi connectivity index (χ2v) is 4.38. The summed E-state index contributed by atoms with van der Waals surface area (Å²) >= 11 is 0. The van der Waals surface area contributed by atoms with Crippen molar-refractivity contribution in [2.45, 2.75) is 20.4 Å². The van der Waals surface area contributed by atoms with Gasteiger partial charge in [0, 0.05) is 11.1 Å². The minimum absolute atomic E-state index is 0.806. The molecule has 0 fully saturated rings. The van der Waals surface area contributed by atoms with Crippen LogP contribution in [0.3, 0.4) is 0 Å². The second kappa shape index (κ2) is 3.77. The van der Waals surface area contributed by atoms with Gasteiger partial charge in [0.2, 0.25) is 0 Å². The molecule has 0 aliphatic heterocycles. The van der Waals surface area contributed by atoms with Crippen LogP contribution in [0.15, 0.2) is 41.0 Å². The van der Waals surface area contributed by atoms with Crippen molar-refractivity contribution in [2.24, 2.45) is 0 Å². The summed E-state index contributed by atoms with van der Waals surface area (Å²) in [6, 6.07) is 10.3. The van der Waals surface area contributed by atoms with Gasteiger partial charge >= 0.3 is 0 Å². The van der Waals surface area contributed by atoms with E-state index in [0.717, 1.165) is 23.2 Å². The summed E-state index contributed by atoms with van der Waals surface area (Å²) in [5.74, 6) is 0. The molecule has 0 bridgehead atoms. The molecule has 3 heteroatoms. The number of hydrogen-bond acceptors (Lipinski definition) is 2. The number of nitrogens with zero attached hydrogens (tertiary/aromatic N) is 2. The van der Waals surface area contributed by atoms with Gasteiger partial charge < -0.3 is 4.42 Å². The molecule has 0 atom stereocenters. The molecule has 2 aromatic heterocycles. The molecule has 3 aromatic rings. The zero-order valence-corrected chi connectivity index (χ0v) is 9.97. The van der Waals surface area contributed by atoms with Crippen LogP contribution in [-0.4, -0.2) is 9.78 Å². The van der Waals surface area contributed by atoms with E-state index in [1.54, 1.807) is 6.26 Å². The average molecular weight is 226 g/mol. The fourth-order valence-electron chi connectivity index (χ4n) is 2.12.